The average molecular weight is 319 g/mol. The van der Waals surface area contributed by atoms with E-state index in [1.54, 1.807) is 19.1 Å². The minimum atomic E-state index is -0.282. The molecule has 2 amide bonds. The van der Waals surface area contributed by atoms with Gasteiger partial charge in [-0.05, 0) is 24.1 Å². The third-order valence-corrected chi connectivity index (χ3v) is 3.08. The van der Waals surface area contributed by atoms with Crippen molar-refractivity contribution in [1.82, 2.24) is 20.3 Å². The van der Waals surface area contributed by atoms with Crippen molar-refractivity contribution in [1.29, 1.82) is 0 Å². The third-order valence-electron chi connectivity index (χ3n) is 3.08. The highest BCUT2D eigenvalue weighted by Crippen LogP contribution is 2.03. The summed E-state index contributed by atoms with van der Waals surface area (Å²) >= 11 is 0. The van der Waals surface area contributed by atoms with Crippen LogP contribution in [0.1, 0.15) is 18.9 Å². The molecule has 8 heteroatoms. The molecule has 0 unspecified atom stereocenters. The minimum Gasteiger partial charge on any atom is -0.354 e. The van der Waals surface area contributed by atoms with Gasteiger partial charge in [-0.15, -0.1) is 5.10 Å². The van der Waals surface area contributed by atoms with Crippen LogP contribution in [0.4, 0.5) is 10.2 Å². The number of nitrogens with zero attached hydrogens (tertiary/aromatic N) is 3. The first kappa shape index (κ1) is 16.6. The summed E-state index contributed by atoms with van der Waals surface area (Å²) in [6.07, 6.45) is 2.45. The number of rotatable bonds is 7. The summed E-state index contributed by atoms with van der Waals surface area (Å²) in [4.78, 5) is 23.0. The molecule has 0 bridgehead atoms. The molecule has 2 rings (SSSR count). The van der Waals surface area contributed by atoms with E-state index in [9.17, 15) is 14.0 Å². The fourth-order valence-electron chi connectivity index (χ4n) is 1.86. The van der Waals surface area contributed by atoms with E-state index in [1.807, 2.05) is 0 Å². The van der Waals surface area contributed by atoms with E-state index in [-0.39, 0.29) is 24.2 Å². The first-order valence-electron chi connectivity index (χ1n) is 7.28. The molecule has 0 atom stereocenters. The van der Waals surface area contributed by atoms with Gasteiger partial charge in [-0.1, -0.05) is 24.3 Å². The van der Waals surface area contributed by atoms with Crippen LogP contribution in [-0.2, 0) is 22.6 Å². The van der Waals surface area contributed by atoms with E-state index in [0.717, 1.165) is 5.56 Å². The van der Waals surface area contributed by atoms with Crippen LogP contribution in [0, 0.1) is 5.82 Å². The zero-order chi connectivity index (χ0) is 16.7. The van der Waals surface area contributed by atoms with Gasteiger partial charge >= 0.3 is 0 Å². The second kappa shape index (κ2) is 8.02. The fraction of sp³-hybridized carbons (Fsp3) is 0.333. The van der Waals surface area contributed by atoms with Gasteiger partial charge in [0.15, 0.2) is 5.82 Å². The molecule has 0 aliphatic carbocycles. The van der Waals surface area contributed by atoms with Crippen molar-refractivity contribution in [3.63, 3.8) is 0 Å². The lowest BCUT2D eigenvalue weighted by Gasteiger charge is -2.05. The maximum absolute atomic E-state index is 12.8. The van der Waals surface area contributed by atoms with E-state index in [2.05, 4.69) is 20.9 Å². The van der Waals surface area contributed by atoms with Gasteiger partial charge in [0.2, 0.25) is 11.8 Å². The number of hydrogen-bond acceptors (Lipinski definition) is 4. The Morgan fingerprint density at radius 3 is 2.65 bits per heavy atom. The number of aromatic nitrogens is 3. The van der Waals surface area contributed by atoms with Gasteiger partial charge in [-0.25, -0.2) is 9.07 Å². The predicted octanol–water partition coefficient (Wildman–Crippen LogP) is 1.12. The van der Waals surface area contributed by atoms with E-state index in [0.29, 0.717) is 25.2 Å². The summed E-state index contributed by atoms with van der Waals surface area (Å²) in [7, 11) is 0. The molecule has 0 aliphatic heterocycles. The van der Waals surface area contributed by atoms with Crippen LogP contribution in [0.15, 0.2) is 30.5 Å². The van der Waals surface area contributed by atoms with Crippen LogP contribution < -0.4 is 10.6 Å². The highest BCUT2D eigenvalue weighted by molar-refractivity contribution is 5.89. The second-order valence-electron chi connectivity index (χ2n) is 4.93. The first-order chi connectivity index (χ1) is 11.1. The Bertz CT molecular complexity index is 669. The lowest BCUT2D eigenvalue weighted by Crippen LogP contribution is -2.29. The van der Waals surface area contributed by atoms with Gasteiger partial charge in [-0.2, -0.15) is 0 Å². The van der Waals surface area contributed by atoms with Gasteiger partial charge in [-0.3, -0.25) is 9.59 Å². The second-order valence-corrected chi connectivity index (χ2v) is 4.93. The number of amides is 2. The summed E-state index contributed by atoms with van der Waals surface area (Å²) in [5, 5.41) is 12.8. The van der Waals surface area contributed by atoms with Crippen LogP contribution in [0.3, 0.4) is 0 Å². The Morgan fingerprint density at radius 1 is 1.22 bits per heavy atom. The van der Waals surface area contributed by atoms with Crippen molar-refractivity contribution in [2.75, 3.05) is 11.9 Å². The van der Waals surface area contributed by atoms with Crippen molar-refractivity contribution in [3.05, 3.63) is 41.8 Å². The van der Waals surface area contributed by atoms with Gasteiger partial charge in [0.05, 0.1) is 6.20 Å². The molecule has 0 fully saturated rings. The third kappa shape index (κ3) is 5.50. The highest BCUT2D eigenvalue weighted by atomic mass is 19.1. The molecule has 0 spiro atoms. The SMILES string of the molecule is CCC(=O)Nc1cn(CC(=O)NCCc2ccc(F)cc2)nn1. The number of carbonyl (C=O) groups is 2. The van der Waals surface area contributed by atoms with Gasteiger partial charge in [0.25, 0.3) is 0 Å². The average Bonchev–Trinajstić information content (AvgIpc) is 2.96. The number of anilines is 1. The van der Waals surface area contributed by atoms with Crippen LogP contribution in [0.25, 0.3) is 0 Å². The van der Waals surface area contributed by atoms with Crippen LogP contribution in [0.2, 0.25) is 0 Å². The summed E-state index contributed by atoms with van der Waals surface area (Å²) in [5.41, 5.74) is 0.942. The molecule has 0 saturated heterocycles. The standard InChI is InChI=1S/C15H18FN5O2/c1-2-14(22)18-13-9-21(20-19-13)10-15(23)17-8-7-11-3-5-12(16)6-4-11/h3-6,9H,2,7-8,10H2,1H3,(H,17,23)(H,18,22). The molecule has 7 nitrogen and oxygen atoms in total. The zero-order valence-corrected chi connectivity index (χ0v) is 12.8. The Labute approximate surface area is 132 Å². The van der Waals surface area contributed by atoms with Crippen molar-refractivity contribution in [3.8, 4) is 0 Å². The normalized spacial score (nSPS) is 10.3. The fourth-order valence-corrected chi connectivity index (χ4v) is 1.86. The molecule has 2 aromatic rings. The molecular weight excluding hydrogens is 301 g/mol. The van der Waals surface area contributed by atoms with Gasteiger partial charge in [0, 0.05) is 13.0 Å². The summed E-state index contributed by atoms with van der Waals surface area (Å²) in [6, 6.07) is 6.14. The van der Waals surface area contributed by atoms with Crippen molar-refractivity contribution >= 4 is 17.6 Å². The lowest BCUT2D eigenvalue weighted by molar-refractivity contribution is -0.121. The highest BCUT2D eigenvalue weighted by Gasteiger charge is 2.07. The molecule has 122 valence electrons. The minimum absolute atomic E-state index is 0.0123. The maximum atomic E-state index is 12.8. The Morgan fingerprint density at radius 2 is 1.96 bits per heavy atom. The summed E-state index contributed by atoms with van der Waals surface area (Å²) in [5.74, 6) is -0.350. The Balaban J connectivity index is 1.74. The molecule has 1 aromatic carbocycles. The van der Waals surface area contributed by atoms with Crippen molar-refractivity contribution < 1.29 is 14.0 Å². The molecule has 1 heterocycles. The van der Waals surface area contributed by atoms with Crippen LogP contribution in [-0.4, -0.2) is 33.4 Å². The van der Waals surface area contributed by atoms with Crippen LogP contribution >= 0.6 is 0 Å². The molecule has 0 radical (unpaired) electrons. The topological polar surface area (TPSA) is 88.9 Å². The molecule has 23 heavy (non-hydrogen) atoms. The molecule has 2 N–H and O–H groups in total. The number of hydrogen-bond donors (Lipinski definition) is 2. The van der Waals surface area contributed by atoms with Gasteiger partial charge in [0.1, 0.15) is 12.4 Å². The molecule has 0 saturated carbocycles. The lowest BCUT2D eigenvalue weighted by atomic mass is 10.1. The molecule has 1 aromatic heterocycles. The molecular formula is C15H18FN5O2. The predicted molar refractivity (Wildman–Crippen MR) is 82.1 cm³/mol. The van der Waals surface area contributed by atoms with E-state index >= 15 is 0 Å². The van der Waals surface area contributed by atoms with E-state index in [4.69, 9.17) is 0 Å². The Kier molecular flexibility index (Phi) is 5.79. The van der Waals surface area contributed by atoms with E-state index in [1.165, 1.54) is 23.0 Å². The smallest absolute Gasteiger partial charge is 0.241 e. The summed E-state index contributed by atoms with van der Waals surface area (Å²) in [6.45, 7) is 2.19. The van der Waals surface area contributed by atoms with Gasteiger partial charge < -0.3 is 10.6 Å². The van der Waals surface area contributed by atoms with Crippen molar-refractivity contribution in [2.45, 2.75) is 26.3 Å². The zero-order valence-electron chi connectivity index (χ0n) is 12.8. The van der Waals surface area contributed by atoms with Crippen molar-refractivity contribution in [2.24, 2.45) is 0 Å². The number of halogens is 1. The van der Waals surface area contributed by atoms with E-state index < -0.39 is 0 Å². The van der Waals surface area contributed by atoms with Crippen LogP contribution in [0.5, 0.6) is 0 Å². The summed E-state index contributed by atoms with van der Waals surface area (Å²) < 4.78 is 14.1. The molecule has 0 aliphatic rings. The largest absolute Gasteiger partial charge is 0.354 e. The Hall–Kier alpha value is -2.77. The first-order valence-corrected chi connectivity index (χ1v) is 7.28. The maximum Gasteiger partial charge on any atom is 0.241 e. The number of carbonyl (C=O) groups excluding carboxylic acids is 2. The quantitative estimate of drug-likeness (QED) is 0.800. The monoisotopic (exact) mass is 319 g/mol. The number of benzene rings is 1. The number of nitrogens with one attached hydrogen (secondary N) is 2.